The fourth-order valence-corrected chi connectivity index (χ4v) is 3.62. The van der Waals surface area contributed by atoms with Gasteiger partial charge in [0.1, 0.15) is 0 Å². The summed E-state index contributed by atoms with van der Waals surface area (Å²) in [4.78, 5) is 17.2. The summed E-state index contributed by atoms with van der Waals surface area (Å²) in [6.45, 7) is 3.90. The number of ether oxygens (including phenoxy) is 1. The van der Waals surface area contributed by atoms with Crippen LogP contribution in [0.5, 0.6) is 0 Å². The van der Waals surface area contributed by atoms with Crippen molar-refractivity contribution in [2.45, 2.75) is 37.9 Å². The number of hydrogen-bond acceptors (Lipinski definition) is 4. The lowest BCUT2D eigenvalue weighted by Gasteiger charge is -2.36. The second-order valence-corrected chi connectivity index (χ2v) is 6.72. The molecule has 1 heterocycles. The van der Waals surface area contributed by atoms with Gasteiger partial charge in [0.25, 0.3) is 5.91 Å². The minimum Gasteiger partial charge on any atom is -0.395 e. The van der Waals surface area contributed by atoms with Gasteiger partial charge in [0.15, 0.2) is 6.10 Å². The van der Waals surface area contributed by atoms with Gasteiger partial charge >= 0.3 is 0 Å². The zero-order valence-electron chi connectivity index (χ0n) is 14.3. The summed E-state index contributed by atoms with van der Waals surface area (Å²) in [6, 6.07) is 9.87. The lowest BCUT2D eigenvalue weighted by atomic mass is 10.1. The van der Waals surface area contributed by atoms with Gasteiger partial charge in [-0.25, -0.2) is 0 Å². The third-order valence-corrected chi connectivity index (χ3v) is 5.06. The number of benzene rings is 1. The third-order valence-electron chi connectivity index (χ3n) is 5.06. The van der Waals surface area contributed by atoms with Crippen molar-refractivity contribution in [1.82, 2.24) is 9.80 Å². The number of nitrogens with zero attached hydrogens (tertiary/aromatic N) is 2. The molecular formula is C19H28N2O3. The van der Waals surface area contributed by atoms with Gasteiger partial charge in [-0.3, -0.25) is 9.69 Å². The summed E-state index contributed by atoms with van der Waals surface area (Å²) >= 11 is 0. The molecule has 5 heteroatoms. The molecule has 0 unspecified atom stereocenters. The average molecular weight is 332 g/mol. The van der Waals surface area contributed by atoms with E-state index in [1.165, 1.54) is 12.8 Å². The standard InChI is InChI=1S/C19H28N2O3/c22-15-14-20-10-12-21(13-11-20)19(23)18(16-6-2-1-3-7-16)24-17-8-4-5-9-17/h1-3,6-7,17-18,22H,4-5,8-15H2/t18-/m0/s1. The lowest BCUT2D eigenvalue weighted by molar-refractivity contribution is -0.150. The number of aliphatic hydroxyl groups excluding tert-OH is 1. The lowest BCUT2D eigenvalue weighted by Crippen LogP contribution is -2.51. The van der Waals surface area contributed by atoms with Gasteiger partial charge in [-0.1, -0.05) is 43.2 Å². The Hall–Kier alpha value is -1.43. The number of carbonyl (C=O) groups is 1. The van der Waals surface area contributed by atoms with Crippen LogP contribution in [0.15, 0.2) is 30.3 Å². The molecule has 0 aromatic heterocycles. The Labute approximate surface area is 144 Å². The van der Waals surface area contributed by atoms with E-state index in [1.54, 1.807) is 0 Å². The van der Waals surface area contributed by atoms with Crippen molar-refractivity contribution in [2.75, 3.05) is 39.3 Å². The van der Waals surface area contributed by atoms with E-state index in [-0.39, 0.29) is 18.6 Å². The van der Waals surface area contributed by atoms with E-state index < -0.39 is 6.10 Å². The molecule has 0 bridgehead atoms. The maximum Gasteiger partial charge on any atom is 0.256 e. The van der Waals surface area contributed by atoms with Crippen LogP contribution in [0.25, 0.3) is 0 Å². The Morgan fingerprint density at radius 2 is 1.79 bits per heavy atom. The van der Waals surface area contributed by atoms with Crippen molar-refractivity contribution in [3.05, 3.63) is 35.9 Å². The van der Waals surface area contributed by atoms with Gasteiger partial charge in [0.2, 0.25) is 0 Å². The van der Waals surface area contributed by atoms with Crippen LogP contribution in [0.4, 0.5) is 0 Å². The Bertz CT molecular complexity index is 509. The molecule has 3 rings (SSSR count). The first-order valence-electron chi connectivity index (χ1n) is 9.10. The first-order chi connectivity index (χ1) is 11.8. The second kappa shape index (κ2) is 8.60. The van der Waals surface area contributed by atoms with Crippen molar-refractivity contribution in [1.29, 1.82) is 0 Å². The van der Waals surface area contributed by atoms with Crippen LogP contribution in [-0.4, -0.2) is 66.2 Å². The molecule has 1 aliphatic heterocycles. The van der Waals surface area contributed by atoms with Gasteiger partial charge < -0.3 is 14.7 Å². The minimum absolute atomic E-state index is 0.0803. The Kier molecular flexibility index (Phi) is 6.24. The molecule has 24 heavy (non-hydrogen) atoms. The van der Waals surface area contributed by atoms with Crippen molar-refractivity contribution in [3.63, 3.8) is 0 Å². The summed E-state index contributed by atoms with van der Waals surface area (Å²) in [5, 5.41) is 9.05. The molecule has 132 valence electrons. The molecule has 1 amide bonds. The molecule has 1 N–H and O–H groups in total. The molecule has 1 aromatic carbocycles. The summed E-state index contributed by atoms with van der Waals surface area (Å²) in [6.07, 6.45) is 4.22. The van der Waals surface area contributed by atoms with Gasteiger partial charge in [-0.15, -0.1) is 0 Å². The zero-order chi connectivity index (χ0) is 16.8. The molecule has 1 atom stereocenters. The molecule has 1 aromatic rings. The van der Waals surface area contributed by atoms with E-state index in [1.807, 2.05) is 35.2 Å². The molecule has 1 aliphatic carbocycles. The summed E-state index contributed by atoms with van der Waals surface area (Å²) in [5.74, 6) is 0.0803. The van der Waals surface area contributed by atoms with Crippen molar-refractivity contribution < 1.29 is 14.6 Å². The highest BCUT2D eigenvalue weighted by Gasteiger charge is 2.32. The second-order valence-electron chi connectivity index (χ2n) is 6.72. The first-order valence-corrected chi connectivity index (χ1v) is 9.10. The van der Waals surface area contributed by atoms with Crippen LogP contribution >= 0.6 is 0 Å². The van der Waals surface area contributed by atoms with Crippen LogP contribution in [-0.2, 0) is 9.53 Å². The average Bonchev–Trinajstić information content (AvgIpc) is 3.14. The quantitative estimate of drug-likeness (QED) is 0.863. The predicted molar refractivity (Wildman–Crippen MR) is 92.6 cm³/mol. The predicted octanol–water partition coefficient (Wildman–Crippen LogP) is 1.82. The topological polar surface area (TPSA) is 53.0 Å². The maximum atomic E-state index is 13.1. The molecule has 1 saturated heterocycles. The molecule has 5 nitrogen and oxygen atoms in total. The fraction of sp³-hybridized carbons (Fsp3) is 0.632. The first kappa shape index (κ1) is 17.4. The number of carbonyl (C=O) groups excluding carboxylic acids is 1. The summed E-state index contributed by atoms with van der Waals surface area (Å²) in [7, 11) is 0. The molecular weight excluding hydrogens is 304 g/mol. The van der Waals surface area contributed by atoms with Crippen LogP contribution in [0.3, 0.4) is 0 Å². The van der Waals surface area contributed by atoms with Crippen molar-refractivity contribution in [3.8, 4) is 0 Å². The van der Waals surface area contributed by atoms with Gasteiger partial charge in [-0.05, 0) is 18.4 Å². The SMILES string of the molecule is O=C([C@@H](OC1CCCC1)c1ccccc1)N1CCN(CCO)CC1. The molecule has 1 saturated carbocycles. The van der Waals surface area contributed by atoms with Crippen LogP contribution in [0.1, 0.15) is 37.4 Å². The van der Waals surface area contributed by atoms with Crippen molar-refractivity contribution >= 4 is 5.91 Å². The van der Waals surface area contributed by atoms with Gasteiger partial charge in [0.05, 0.1) is 12.7 Å². The van der Waals surface area contributed by atoms with E-state index >= 15 is 0 Å². The normalized spacial score (nSPS) is 21.1. The highest BCUT2D eigenvalue weighted by Crippen LogP contribution is 2.29. The Morgan fingerprint density at radius 1 is 1.12 bits per heavy atom. The zero-order valence-corrected chi connectivity index (χ0v) is 14.3. The van der Waals surface area contributed by atoms with Crippen LogP contribution < -0.4 is 0 Å². The highest BCUT2D eigenvalue weighted by molar-refractivity contribution is 5.82. The minimum atomic E-state index is -0.487. The van der Waals surface area contributed by atoms with Crippen molar-refractivity contribution in [2.24, 2.45) is 0 Å². The number of aliphatic hydroxyl groups is 1. The summed E-state index contributed by atoms with van der Waals surface area (Å²) < 4.78 is 6.24. The molecule has 0 spiro atoms. The fourth-order valence-electron chi connectivity index (χ4n) is 3.62. The largest absolute Gasteiger partial charge is 0.395 e. The maximum absolute atomic E-state index is 13.1. The number of hydrogen-bond donors (Lipinski definition) is 1. The highest BCUT2D eigenvalue weighted by atomic mass is 16.5. The number of rotatable bonds is 6. The van der Waals surface area contributed by atoms with E-state index in [2.05, 4.69) is 4.90 Å². The number of piperazine rings is 1. The monoisotopic (exact) mass is 332 g/mol. The third kappa shape index (κ3) is 4.35. The van der Waals surface area contributed by atoms with Gasteiger partial charge in [-0.2, -0.15) is 0 Å². The number of amides is 1. The van der Waals surface area contributed by atoms with E-state index in [4.69, 9.17) is 9.84 Å². The van der Waals surface area contributed by atoms with Crippen LogP contribution in [0.2, 0.25) is 0 Å². The number of β-amino-alcohol motifs (C(OH)–C–C–N with tert-alkyl or cyclic N) is 1. The molecule has 2 aliphatic rings. The van der Waals surface area contributed by atoms with E-state index in [0.717, 1.165) is 31.5 Å². The Balaban J connectivity index is 1.67. The summed E-state index contributed by atoms with van der Waals surface area (Å²) in [5.41, 5.74) is 0.951. The van der Waals surface area contributed by atoms with Crippen LogP contribution in [0, 0.1) is 0 Å². The van der Waals surface area contributed by atoms with Gasteiger partial charge in [0, 0.05) is 32.7 Å². The molecule has 2 fully saturated rings. The smallest absolute Gasteiger partial charge is 0.256 e. The van der Waals surface area contributed by atoms with E-state index in [9.17, 15) is 4.79 Å². The van der Waals surface area contributed by atoms with E-state index in [0.29, 0.717) is 19.6 Å². The Morgan fingerprint density at radius 3 is 2.42 bits per heavy atom. The molecule has 0 radical (unpaired) electrons.